The van der Waals surface area contributed by atoms with Crippen LogP contribution in [0.5, 0.6) is 0 Å². The first-order valence-electron chi connectivity index (χ1n) is 4.84. The summed E-state index contributed by atoms with van der Waals surface area (Å²) in [5.41, 5.74) is 0.387. The molecule has 3 heteroatoms. The lowest BCUT2D eigenvalue weighted by molar-refractivity contribution is 0.360. The summed E-state index contributed by atoms with van der Waals surface area (Å²) in [7, 11) is -0.683. The SMILES string of the molecule is CC(CS(C)=O)NCCC(C)(C)C. The van der Waals surface area contributed by atoms with Crippen LogP contribution in [0.4, 0.5) is 0 Å². The van der Waals surface area contributed by atoms with Crippen molar-refractivity contribution in [3.8, 4) is 0 Å². The van der Waals surface area contributed by atoms with Crippen LogP contribution in [0.1, 0.15) is 34.1 Å². The van der Waals surface area contributed by atoms with Crippen molar-refractivity contribution in [1.29, 1.82) is 0 Å². The second kappa shape index (κ2) is 5.76. The second-order valence-electron chi connectivity index (χ2n) is 4.91. The topological polar surface area (TPSA) is 29.1 Å². The van der Waals surface area contributed by atoms with Gasteiger partial charge in [-0.25, -0.2) is 0 Å². The van der Waals surface area contributed by atoms with Crippen molar-refractivity contribution in [2.24, 2.45) is 5.41 Å². The van der Waals surface area contributed by atoms with Crippen LogP contribution in [0.25, 0.3) is 0 Å². The fraction of sp³-hybridized carbons (Fsp3) is 1.00. The zero-order valence-corrected chi connectivity index (χ0v) is 10.3. The monoisotopic (exact) mass is 205 g/mol. The van der Waals surface area contributed by atoms with Gasteiger partial charge in [0.05, 0.1) is 0 Å². The molecule has 2 nitrogen and oxygen atoms in total. The molecule has 0 saturated carbocycles. The van der Waals surface area contributed by atoms with Crippen LogP contribution in [0.15, 0.2) is 0 Å². The first-order chi connectivity index (χ1) is 5.81. The van der Waals surface area contributed by atoms with E-state index in [1.807, 2.05) is 0 Å². The molecule has 0 aliphatic carbocycles. The summed E-state index contributed by atoms with van der Waals surface area (Å²) >= 11 is 0. The van der Waals surface area contributed by atoms with Crippen molar-refractivity contribution in [3.63, 3.8) is 0 Å². The maximum absolute atomic E-state index is 10.9. The minimum absolute atomic E-state index is 0.369. The van der Waals surface area contributed by atoms with Crippen molar-refractivity contribution < 1.29 is 4.21 Å². The fourth-order valence-corrected chi connectivity index (χ4v) is 1.93. The summed E-state index contributed by atoms with van der Waals surface area (Å²) in [6.07, 6.45) is 2.91. The highest BCUT2D eigenvalue weighted by atomic mass is 32.2. The van der Waals surface area contributed by atoms with E-state index < -0.39 is 10.8 Å². The minimum Gasteiger partial charge on any atom is -0.313 e. The first kappa shape index (κ1) is 13.1. The van der Waals surface area contributed by atoms with Crippen LogP contribution < -0.4 is 5.32 Å². The normalized spacial score (nSPS) is 17.0. The van der Waals surface area contributed by atoms with Crippen LogP contribution in [0, 0.1) is 5.41 Å². The van der Waals surface area contributed by atoms with Crippen molar-refractivity contribution in [2.45, 2.75) is 40.2 Å². The van der Waals surface area contributed by atoms with E-state index in [1.54, 1.807) is 6.26 Å². The summed E-state index contributed by atoms with van der Waals surface area (Å²) in [6.45, 7) is 9.80. The Hall–Kier alpha value is 0.110. The van der Waals surface area contributed by atoms with Crippen molar-refractivity contribution in [1.82, 2.24) is 5.32 Å². The molecule has 0 aliphatic rings. The highest BCUT2D eigenvalue weighted by Crippen LogP contribution is 2.16. The van der Waals surface area contributed by atoms with Gasteiger partial charge in [-0.05, 0) is 25.3 Å². The first-order valence-corrected chi connectivity index (χ1v) is 6.57. The molecule has 1 N–H and O–H groups in total. The summed E-state index contributed by atoms with van der Waals surface area (Å²) in [5.74, 6) is 0.754. The van der Waals surface area contributed by atoms with E-state index in [9.17, 15) is 4.21 Å². The van der Waals surface area contributed by atoms with E-state index in [4.69, 9.17) is 0 Å². The van der Waals surface area contributed by atoms with Gasteiger partial charge in [0.2, 0.25) is 0 Å². The van der Waals surface area contributed by atoms with Gasteiger partial charge in [-0.3, -0.25) is 4.21 Å². The average Bonchev–Trinajstić information content (AvgIpc) is 1.81. The van der Waals surface area contributed by atoms with Gasteiger partial charge in [-0.15, -0.1) is 0 Å². The third-order valence-corrected chi connectivity index (χ3v) is 2.82. The van der Waals surface area contributed by atoms with Gasteiger partial charge in [0.15, 0.2) is 0 Å². The Morgan fingerprint density at radius 3 is 2.31 bits per heavy atom. The lowest BCUT2D eigenvalue weighted by atomic mass is 9.92. The minimum atomic E-state index is -0.683. The van der Waals surface area contributed by atoms with Crippen molar-refractivity contribution >= 4 is 10.8 Å². The number of nitrogens with one attached hydrogen (secondary N) is 1. The third-order valence-electron chi connectivity index (χ3n) is 1.85. The summed E-state index contributed by atoms with van der Waals surface area (Å²) < 4.78 is 10.9. The Bertz CT molecular complexity index is 163. The fourth-order valence-electron chi connectivity index (χ4n) is 1.10. The molecule has 0 radical (unpaired) electrons. The van der Waals surface area contributed by atoms with Gasteiger partial charge in [0.1, 0.15) is 0 Å². The molecular weight excluding hydrogens is 182 g/mol. The molecule has 13 heavy (non-hydrogen) atoms. The van der Waals surface area contributed by atoms with E-state index in [-0.39, 0.29) is 0 Å². The predicted molar refractivity (Wildman–Crippen MR) is 60.5 cm³/mol. The summed E-state index contributed by atoms with van der Waals surface area (Å²) in [6, 6.07) is 0.369. The van der Waals surface area contributed by atoms with Crippen LogP contribution in [0.3, 0.4) is 0 Å². The molecule has 0 bridgehead atoms. The van der Waals surface area contributed by atoms with Gasteiger partial charge in [0.25, 0.3) is 0 Å². The van der Waals surface area contributed by atoms with Crippen LogP contribution in [-0.2, 0) is 10.8 Å². The Labute approximate surface area is 84.9 Å². The molecule has 0 heterocycles. The van der Waals surface area contributed by atoms with Gasteiger partial charge < -0.3 is 5.32 Å². The molecule has 0 aromatic heterocycles. The zero-order chi connectivity index (χ0) is 10.5. The molecule has 80 valence electrons. The largest absolute Gasteiger partial charge is 0.313 e. The maximum Gasteiger partial charge on any atom is 0.0383 e. The molecule has 2 atom stereocenters. The summed E-state index contributed by atoms with van der Waals surface area (Å²) in [5, 5.41) is 3.38. The summed E-state index contributed by atoms with van der Waals surface area (Å²) in [4.78, 5) is 0. The molecular formula is C10H23NOS. The molecule has 2 unspecified atom stereocenters. The maximum atomic E-state index is 10.9. The van der Waals surface area contributed by atoms with Gasteiger partial charge in [0, 0.05) is 28.9 Å². The van der Waals surface area contributed by atoms with Crippen LogP contribution >= 0.6 is 0 Å². The molecule has 0 spiro atoms. The van der Waals surface area contributed by atoms with Gasteiger partial charge in [-0.2, -0.15) is 0 Å². The molecule has 0 aromatic rings. The average molecular weight is 205 g/mol. The van der Waals surface area contributed by atoms with Crippen LogP contribution in [0.2, 0.25) is 0 Å². The van der Waals surface area contributed by atoms with Crippen molar-refractivity contribution in [3.05, 3.63) is 0 Å². The van der Waals surface area contributed by atoms with E-state index in [1.165, 1.54) is 0 Å². The van der Waals surface area contributed by atoms with Crippen molar-refractivity contribution in [2.75, 3.05) is 18.6 Å². The highest BCUT2D eigenvalue weighted by Gasteiger charge is 2.10. The van der Waals surface area contributed by atoms with Crippen LogP contribution in [-0.4, -0.2) is 28.8 Å². The van der Waals surface area contributed by atoms with E-state index >= 15 is 0 Å². The Kier molecular flexibility index (Phi) is 5.81. The predicted octanol–water partition coefficient (Wildman–Crippen LogP) is 1.78. The van der Waals surface area contributed by atoms with E-state index in [0.717, 1.165) is 18.7 Å². The van der Waals surface area contributed by atoms with Gasteiger partial charge >= 0.3 is 0 Å². The molecule has 0 fully saturated rings. The quantitative estimate of drug-likeness (QED) is 0.741. The molecule has 0 rings (SSSR count). The number of hydrogen-bond donors (Lipinski definition) is 1. The molecule has 0 aromatic carbocycles. The number of hydrogen-bond acceptors (Lipinski definition) is 2. The standard InChI is InChI=1S/C10H23NOS/c1-9(8-13(5)12)11-7-6-10(2,3)4/h9,11H,6-8H2,1-5H3. The second-order valence-corrected chi connectivity index (χ2v) is 6.39. The third kappa shape index (κ3) is 10.0. The highest BCUT2D eigenvalue weighted by molar-refractivity contribution is 7.84. The van der Waals surface area contributed by atoms with Gasteiger partial charge in [-0.1, -0.05) is 20.8 Å². The molecule has 0 saturated heterocycles. The van der Waals surface area contributed by atoms with E-state index in [2.05, 4.69) is 33.0 Å². The number of rotatable bonds is 5. The van der Waals surface area contributed by atoms with E-state index in [0.29, 0.717) is 11.5 Å². The lowest BCUT2D eigenvalue weighted by Gasteiger charge is -2.20. The smallest absolute Gasteiger partial charge is 0.0383 e. The molecule has 0 amide bonds. The Morgan fingerprint density at radius 2 is 1.92 bits per heavy atom. The zero-order valence-electron chi connectivity index (χ0n) is 9.52. The lowest BCUT2D eigenvalue weighted by Crippen LogP contribution is -2.33. The Balaban J connectivity index is 3.48. The molecule has 0 aliphatic heterocycles. The Morgan fingerprint density at radius 1 is 1.38 bits per heavy atom.